The fraction of sp³-hybridized carbons (Fsp3) is 0.278. The van der Waals surface area contributed by atoms with Crippen molar-refractivity contribution in [1.29, 1.82) is 0 Å². The zero-order valence-electron chi connectivity index (χ0n) is 14.2. The summed E-state index contributed by atoms with van der Waals surface area (Å²) in [7, 11) is 1.61. The number of hydrogen-bond acceptors (Lipinski definition) is 4. The second kappa shape index (κ2) is 7.12. The highest BCUT2D eigenvalue weighted by Crippen LogP contribution is 2.19. The average Bonchev–Trinajstić information content (AvgIpc) is 2.87. The van der Waals surface area contributed by atoms with Crippen molar-refractivity contribution in [3.63, 3.8) is 0 Å². The van der Waals surface area contributed by atoms with E-state index in [4.69, 9.17) is 4.74 Å². The van der Waals surface area contributed by atoms with Crippen LogP contribution in [-0.4, -0.2) is 36.3 Å². The van der Waals surface area contributed by atoms with E-state index >= 15 is 0 Å². The third-order valence-electron chi connectivity index (χ3n) is 3.84. The number of aryl methyl sites for hydroxylation is 1. The fourth-order valence-corrected chi connectivity index (χ4v) is 2.57. The summed E-state index contributed by atoms with van der Waals surface area (Å²) in [5.41, 5.74) is 2.54. The van der Waals surface area contributed by atoms with Gasteiger partial charge in [-0.1, -0.05) is 18.2 Å². The third-order valence-corrected chi connectivity index (χ3v) is 3.84. The topological polar surface area (TPSA) is 79.5 Å². The number of aromatic nitrogens is 1. The van der Waals surface area contributed by atoms with Gasteiger partial charge in [0, 0.05) is 24.0 Å². The number of carbonyl (C=O) groups is 3. The van der Waals surface area contributed by atoms with Crippen LogP contribution in [0.5, 0.6) is 0 Å². The minimum Gasteiger partial charge on any atom is -0.451 e. The number of anilines is 1. The number of ketones is 1. The lowest BCUT2D eigenvalue weighted by molar-refractivity contribution is -0.121. The van der Waals surface area contributed by atoms with Crippen LogP contribution in [0.1, 0.15) is 39.0 Å². The van der Waals surface area contributed by atoms with Crippen molar-refractivity contribution in [3.05, 3.63) is 52.8 Å². The normalized spacial score (nSPS) is 10.3. The molecule has 24 heavy (non-hydrogen) atoms. The molecule has 2 rings (SSSR count). The summed E-state index contributed by atoms with van der Waals surface area (Å²) in [5, 5.41) is 0. The van der Waals surface area contributed by atoms with Gasteiger partial charge in [0.2, 0.25) is 0 Å². The Labute approximate surface area is 140 Å². The number of likely N-dealkylation sites (N-methyl/N-ethyl adjacent to an activating group) is 1. The van der Waals surface area contributed by atoms with Gasteiger partial charge in [-0.25, -0.2) is 4.79 Å². The molecule has 0 bridgehead atoms. The van der Waals surface area contributed by atoms with E-state index in [0.717, 1.165) is 0 Å². The van der Waals surface area contributed by atoms with Gasteiger partial charge in [0.25, 0.3) is 5.91 Å². The van der Waals surface area contributed by atoms with Crippen LogP contribution in [-0.2, 0) is 9.53 Å². The minimum atomic E-state index is -0.655. The Bertz CT molecular complexity index is 778. The smallest absolute Gasteiger partial charge is 0.355 e. The second-order valence-corrected chi connectivity index (χ2v) is 5.55. The highest BCUT2D eigenvalue weighted by Gasteiger charge is 2.22. The number of rotatable bonds is 5. The van der Waals surface area contributed by atoms with Gasteiger partial charge in [-0.05, 0) is 38.5 Å². The molecule has 0 unspecified atom stereocenters. The molecule has 2 aromatic rings. The number of nitrogens with one attached hydrogen (secondary N) is 1. The molecule has 1 aromatic heterocycles. The van der Waals surface area contributed by atoms with E-state index in [1.165, 1.54) is 11.8 Å². The molecular weight excluding hydrogens is 308 g/mol. The number of hydrogen-bond donors (Lipinski definition) is 1. The monoisotopic (exact) mass is 328 g/mol. The quantitative estimate of drug-likeness (QED) is 0.676. The number of carbonyl (C=O) groups excluding carboxylic acids is 3. The minimum absolute atomic E-state index is 0.125. The predicted octanol–water partition coefficient (Wildman–Crippen LogP) is 2.65. The molecule has 0 saturated heterocycles. The van der Waals surface area contributed by atoms with Crippen LogP contribution in [0.4, 0.5) is 5.69 Å². The van der Waals surface area contributed by atoms with E-state index in [1.807, 2.05) is 18.2 Å². The summed E-state index contributed by atoms with van der Waals surface area (Å²) in [6.07, 6.45) is 0. The Balaban J connectivity index is 2.05. The third kappa shape index (κ3) is 3.53. The first-order chi connectivity index (χ1) is 11.3. The van der Waals surface area contributed by atoms with Gasteiger partial charge in [0.1, 0.15) is 5.69 Å². The van der Waals surface area contributed by atoms with Crippen LogP contribution < -0.4 is 4.90 Å². The van der Waals surface area contributed by atoms with Crippen molar-refractivity contribution in [2.45, 2.75) is 20.8 Å². The van der Waals surface area contributed by atoms with Crippen molar-refractivity contribution in [2.24, 2.45) is 0 Å². The van der Waals surface area contributed by atoms with Crippen LogP contribution in [0.25, 0.3) is 0 Å². The molecule has 1 amide bonds. The maximum atomic E-state index is 12.2. The van der Waals surface area contributed by atoms with Crippen LogP contribution in [0.3, 0.4) is 0 Å². The molecule has 6 heteroatoms. The first kappa shape index (κ1) is 17.5. The summed E-state index contributed by atoms with van der Waals surface area (Å²) in [6, 6.07) is 9.07. The zero-order chi connectivity index (χ0) is 17.9. The van der Waals surface area contributed by atoms with Crippen molar-refractivity contribution in [3.8, 4) is 0 Å². The number of esters is 1. The number of benzene rings is 1. The maximum Gasteiger partial charge on any atom is 0.355 e. The molecule has 0 atom stereocenters. The fourth-order valence-electron chi connectivity index (χ4n) is 2.57. The summed E-state index contributed by atoms with van der Waals surface area (Å²) in [6.45, 7) is 4.46. The number of aromatic amines is 1. The number of nitrogens with zero attached hydrogens (tertiary/aromatic N) is 1. The molecular formula is C18H20N2O4. The molecule has 0 aliphatic rings. The summed E-state index contributed by atoms with van der Waals surface area (Å²) < 4.78 is 5.09. The first-order valence-corrected chi connectivity index (χ1v) is 7.51. The Morgan fingerprint density at radius 1 is 1.12 bits per heavy atom. The Hall–Kier alpha value is -2.89. The zero-order valence-corrected chi connectivity index (χ0v) is 14.2. The van der Waals surface area contributed by atoms with Crippen LogP contribution in [0.2, 0.25) is 0 Å². The van der Waals surface area contributed by atoms with E-state index in [1.54, 1.807) is 33.0 Å². The average molecular weight is 328 g/mol. The Morgan fingerprint density at radius 2 is 1.75 bits per heavy atom. The first-order valence-electron chi connectivity index (χ1n) is 7.51. The number of para-hydroxylation sites is 1. The highest BCUT2D eigenvalue weighted by molar-refractivity contribution is 6.02. The van der Waals surface area contributed by atoms with Crippen molar-refractivity contribution in [2.75, 3.05) is 18.6 Å². The van der Waals surface area contributed by atoms with E-state index in [-0.39, 0.29) is 24.0 Å². The summed E-state index contributed by atoms with van der Waals surface area (Å²) in [5.74, 6) is -1.12. The molecule has 0 aliphatic carbocycles. The molecule has 1 heterocycles. The van der Waals surface area contributed by atoms with Gasteiger partial charge in [-0.15, -0.1) is 0 Å². The molecule has 1 aromatic carbocycles. The largest absolute Gasteiger partial charge is 0.451 e. The lowest BCUT2D eigenvalue weighted by atomic mass is 10.1. The molecule has 0 fully saturated rings. The van der Waals surface area contributed by atoms with E-state index in [2.05, 4.69) is 4.98 Å². The predicted molar refractivity (Wildman–Crippen MR) is 90.4 cm³/mol. The number of H-pyrrole nitrogens is 1. The molecule has 0 saturated carbocycles. The van der Waals surface area contributed by atoms with Crippen LogP contribution >= 0.6 is 0 Å². The van der Waals surface area contributed by atoms with Gasteiger partial charge in [-0.2, -0.15) is 0 Å². The molecule has 0 aliphatic heterocycles. The highest BCUT2D eigenvalue weighted by atomic mass is 16.5. The molecule has 6 nitrogen and oxygen atoms in total. The van der Waals surface area contributed by atoms with E-state index in [9.17, 15) is 14.4 Å². The second-order valence-electron chi connectivity index (χ2n) is 5.55. The maximum absolute atomic E-state index is 12.2. The van der Waals surface area contributed by atoms with Crippen LogP contribution in [0.15, 0.2) is 30.3 Å². The lowest BCUT2D eigenvalue weighted by Gasteiger charge is -2.17. The van der Waals surface area contributed by atoms with Crippen LogP contribution in [0, 0.1) is 13.8 Å². The SMILES string of the molecule is CC(=O)c1c(C)[nH]c(C(=O)OCC(=O)N(C)c2ccccc2)c1C. The van der Waals surface area contributed by atoms with Crippen molar-refractivity contribution >= 4 is 23.3 Å². The van der Waals surface area contributed by atoms with Gasteiger partial charge in [-0.3, -0.25) is 9.59 Å². The van der Waals surface area contributed by atoms with Gasteiger partial charge < -0.3 is 14.6 Å². The van der Waals surface area contributed by atoms with Crippen molar-refractivity contribution in [1.82, 2.24) is 4.98 Å². The number of amides is 1. The molecule has 0 spiro atoms. The Morgan fingerprint density at radius 3 is 2.29 bits per heavy atom. The molecule has 126 valence electrons. The van der Waals surface area contributed by atoms with E-state index < -0.39 is 5.97 Å². The Kier molecular flexibility index (Phi) is 5.18. The molecule has 1 N–H and O–H groups in total. The van der Waals surface area contributed by atoms with Gasteiger partial charge in [0.05, 0.1) is 0 Å². The number of Topliss-reactive ketones (excluding diaryl/α,β-unsaturated/α-hetero) is 1. The summed E-state index contributed by atoms with van der Waals surface area (Å²) in [4.78, 5) is 40.2. The molecule has 0 radical (unpaired) electrons. The van der Waals surface area contributed by atoms with E-state index in [0.29, 0.717) is 22.5 Å². The van der Waals surface area contributed by atoms with Gasteiger partial charge in [0.15, 0.2) is 12.4 Å². The number of ether oxygens (including phenoxy) is 1. The van der Waals surface area contributed by atoms with Gasteiger partial charge >= 0.3 is 5.97 Å². The van der Waals surface area contributed by atoms with Crippen molar-refractivity contribution < 1.29 is 19.1 Å². The summed E-state index contributed by atoms with van der Waals surface area (Å²) >= 11 is 0. The standard InChI is InChI=1S/C18H20N2O4/c1-11-16(13(3)21)12(2)19-17(11)18(23)24-10-15(22)20(4)14-8-6-5-7-9-14/h5-9,19H,10H2,1-4H3. The lowest BCUT2D eigenvalue weighted by Crippen LogP contribution is -2.31.